The SMILES string of the molecule is Cc1ccc(S(=O)(=O)N2C[C@]3(C)CC(=O)[C@@H]3c3ccccc32)cc1. The van der Waals surface area contributed by atoms with Crippen LogP contribution in [0.4, 0.5) is 5.69 Å². The molecule has 0 bridgehead atoms. The molecule has 1 heterocycles. The lowest BCUT2D eigenvalue weighted by Gasteiger charge is -2.52. The molecule has 24 heavy (non-hydrogen) atoms. The molecule has 1 aliphatic heterocycles. The van der Waals surface area contributed by atoms with E-state index < -0.39 is 10.0 Å². The number of hydrogen-bond acceptors (Lipinski definition) is 3. The third kappa shape index (κ3) is 2.04. The Balaban J connectivity index is 1.86. The van der Waals surface area contributed by atoms with Gasteiger partial charge in [-0.25, -0.2) is 8.42 Å². The van der Waals surface area contributed by atoms with Crippen molar-refractivity contribution in [2.45, 2.75) is 31.1 Å². The summed E-state index contributed by atoms with van der Waals surface area (Å²) in [5, 5.41) is 0. The monoisotopic (exact) mass is 341 g/mol. The highest BCUT2D eigenvalue weighted by Gasteiger charge is 2.56. The number of carbonyl (C=O) groups is 1. The van der Waals surface area contributed by atoms with Crippen LogP contribution in [0.1, 0.15) is 30.4 Å². The molecule has 0 radical (unpaired) electrons. The molecule has 0 spiro atoms. The average molecular weight is 341 g/mol. The molecule has 0 N–H and O–H groups in total. The van der Waals surface area contributed by atoms with Crippen LogP contribution in [0.2, 0.25) is 0 Å². The highest BCUT2D eigenvalue weighted by Crippen LogP contribution is 2.56. The normalized spacial score (nSPS) is 25.7. The van der Waals surface area contributed by atoms with Crippen molar-refractivity contribution in [1.82, 2.24) is 0 Å². The minimum Gasteiger partial charge on any atom is -0.299 e. The number of carbonyl (C=O) groups excluding carboxylic acids is 1. The molecule has 5 heteroatoms. The Hall–Kier alpha value is -2.14. The van der Waals surface area contributed by atoms with Crippen LogP contribution >= 0.6 is 0 Å². The number of nitrogens with zero attached hydrogens (tertiary/aromatic N) is 1. The fraction of sp³-hybridized carbons (Fsp3) is 0.316. The van der Waals surface area contributed by atoms with Gasteiger partial charge in [-0.2, -0.15) is 0 Å². The maximum Gasteiger partial charge on any atom is 0.264 e. The highest BCUT2D eigenvalue weighted by atomic mass is 32.2. The van der Waals surface area contributed by atoms with Crippen molar-refractivity contribution in [3.63, 3.8) is 0 Å². The topological polar surface area (TPSA) is 54.5 Å². The number of para-hydroxylation sites is 1. The van der Waals surface area contributed by atoms with Crippen LogP contribution < -0.4 is 4.31 Å². The van der Waals surface area contributed by atoms with Crippen LogP contribution in [0.25, 0.3) is 0 Å². The van der Waals surface area contributed by atoms with Gasteiger partial charge in [0.2, 0.25) is 0 Å². The second-order valence-corrected chi connectivity index (χ2v) is 8.98. The van der Waals surface area contributed by atoms with E-state index in [0.29, 0.717) is 18.7 Å². The number of sulfonamides is 1. The lowest BCUT2D eigenvalue weighted by Crippen LogP contribution is -2.56. The molecule has 0 amide bonds. The smallest absolute Gasteiger partial charge is 0.264 e. The van der Waals surface area contributed by atoms with E-state index >= 15 is 0 Å². The maximum atomic E-state index is 13.2. The molecule has 124 valence electrons. The lowest BCUT2D eigenvalue weighted by atomic mass is 9.56. The van der Waals surface area contributed by atoms with Crippen molar-refractivity contribution < 1.29 is 13.2 Å². The maximum absolute atomic E-state index is 13.2. The van der Waals surface area contributed by atoms with Gasteiger partial charge in [-0.3, -0.25) is 9.10 Å². The lowest BCUT2D eigenvalue weighted by molar-refractivity contribution is -0.135. The molecule has 0 unspecified atom stereocenters. The molecule has 2 aromatic carbocycles. The molecule has 4 rings (SSSR count). The number of anilines is 1. The van der Waals surface area contributed by atoms with Gasteiger partial charge in [0.25, 0.3) is 10.0 Å². The molecule has 1 saturated carbocycles. The first-order valence-electron chi connectivity index (χ1n) is 8.04. The summed E-state index contributed by atoms with van der Waals surface area (Å²) in [4.78, 5) is 12.4. The fourth-order valence-electron chi connectivity index (χ4n) is 3.98. The molecular weight excluding hydrogens is 322 g/mol. The minimum absolute atomic E-state index is 0.182. The van der Waals surface area contributed by atoms with Crippen LogP contribution in [0.15, 0.2) is 53.4 Å². The Morgan fingerprint density at radius 2 is 1.75 bits per heavy atom. The molecule has 2 atom stereocenters. The Labute approximate surface area is 142 Å². The van der Waals surface area contributed by atoms with Gasteiger partial charge in [0.05, 0.1) is 16.5 Å². The molecule has 0 aromatic heterocycles. The van der Waals surface area contributed by atoms with Crippen LogP contribution in [0, 0.1) is 12.3 Å². The number of Topliss-reactive ketones (excluding diaryl/α,β-unsaturated/α-hetero) is 1. The Morgan fingerprint density at radius 3 is 2.42 bits per heavy atom. The van der Waals surface area contributed by atoms with E-state index in [0.717, 1.165) is 11.1 Å². The van der Waals surface area contributed by atoms with Crippen molar-refractivity contribution in [2.24, 2.45) is 5.41 Å². The molecule has 2 aromatic rings. The van der Waals surface area contributed by atoms with Crippen molar-refractivity contribution >= 4 is 21.5 Å². The molecule has 4 nitrogen and oxygen atoms in total. The van der Waals surface area contributed by atoms with Gasteiger partial charge >= 0.3 is 0 Å². The van der Waals surface area contributed by atoms with Crippen molar-refractivity contribution in [1.29, 1.82) is 0 Å². The van der Waals surface area contributed by atoms with Gasteiger partial charge in [-0.1, -0.05) is 42.8 Å². The van der Waals surface area contributed by atoms with E-state index in [4.69, 9.17) is 0 Å². The van der Waals surface area contributed by atoms with E-state index in [1.807, 2.05) is 32.0 Å². The average Bonchev–Trinajstić information content (AvgIpc) is 2.53. The van der Waals surface area contributed by atoms with E-state index in [1.165, 1.54) is 4.31 Å². The molecule has 1 aliphatic carbocycles. The van der Waals surface area contributed by atoms with Crippen LogP contribution in [-0.4, -0.2) is 20.7 Å². The second-order valence-electron chi connectivity index (χ2n) is 7.11. The second kappa shape index (κ2) is 4.93. The molecular formula is C19H19NO3S. The summed E-state index contributed by atoms with van der Waals surface area (Å²) < 4.78 is 27.9. The predicted octanol–water partition coefficient (Wildman–Crippen LogP) is 3.27. The van der Waals surface area contributed by atoms with Crippen LogP contribution in [0.5, 0.6) is 0 Å². The summed E-state index contributed by atoms with van der Waals surface area (Å²) >= 11 is 0. The van der Waals surface area contributed by atoms with Crippen LogP contribution in [-0.2, 0) is 14.8 Å². The third-order valence-electron chi connectivity index (χ3n) is 5.23. The molecule has 2 aliphatic rings. The Bertz CT molecular complexity index is 933. The van der Waals surface area contributed by atoms with Gasteiger partial charge < -0.3 is 0 Å². The molecule has 1 fully saturated rings. The highest BCUT2D eigenvalue weighted by molar-refractivity contribution is 7.92. The number of rotatable bonds is 2. The Morgan fingerprint density at radius 1 is 1.08 bits per heavy atom. The standard InChI is InChI=1S/C19H19NO3S/c1-13-7-9-14(10-8-13)24(22,23)20-12-19(2)11-17(21)18(19)15-5-3-4-6-16(15)20/h3-10,18H,11-12H2,1-2H3/t18-,19-/m0/s1. The van der Waals surface area contributed by atoms with Gasteiger partial charge in [0.15, 0.2) is 0 Å². The summed E-state index contributed by atoms with van der Waals surface area (Å²) in [5.41, 5.74) is 2.17. The van der Waals surface area contributed by atoms with E-state index in [-0.39, 0.29) is 22.0 Å². The van der Waals surface area contributed by atoms with E-state index in [9.17, 15) is 13.2 Å². The predicted molar refractivity (Wildman–Crippen MR) is 92.6 cm³/mol. The van der Waals surface area contributed by atoms with Crippen LogP contribution in [0.3, 0.4) is 0 Å². The molecule has 0 saturated heterocycles. The zero-order valence-corrected chi connectivity index (χ0v) is 14.5. The van der Waals surface area contributed by atoms with Gasteiger partial charge in [0, 0.05) is 18.4 Å². The van der Waals surface area contributed by atoms with E-state index in [1.54, 1.807) is 30.3 Å². The zero-order chi connectivity index (χ0) is 17.1. The van der Waals surface area contributed by atoms with Gasteiger partial charge in [0.1, 0.15) is 5.78 Å². The Kier molecular flexibility index (Phi) is 3.16. The quantitative estimate of drug-likeness (QED) is 0.842. The van der Waals surface area contributed by atoms with Gasteiger partial charge in [-0.15, -0.1) is 0 Å². The van der Waals surface area contributed by atoms with E-state index in [2.05, 4.69) is 0 Å². The van der Waals surface area contributed by atoms with Crippen molar-refractivity contribution in [3.05, 3.63) is 59.7 Å². The van der Waals surface area contributed by atoms with Gasteiger partial charge in [-0.05, 0) is 30.7 Å². The third-order valence-corrected chi connectivity index (χ3v) is 7.00. The largest absolute Gasteiger partial charge is 0.299 e. The number of ketones is 1. The minimum atomic E-state index is -3.65. The number of hydrogen-bond donors (Lipinski definition) is 0. The zero-order valence-electron chi connectivity index (χ0n) is 13.7. The first kappa shape index (κ1) is 15.4. The summed E-state index contributed by atoms with van der Waals surface area (Å²) in [6.07, 6.45) is 0.436. The fourth-order valence-corrected chi connectivity index (χ4v) is 5.60. The first-order chi connectivity index (χ1) is 11.3. The summed E-state index contributed by atoms with van der Waals surface area (Å²) in [6, 6.07) is 14.3. The van der Waals surface area contributed by atoms with Crippen molar-refractivity contribution in [3.8, 4) is 0 Å². The summed E-state index contributed by atoms with van der Waals surface area (Å²) in [6.45, 7) is 4.28. The first-order valence-corrected chi connectivity index (χ1v) is 9.48. The number of aryl methyl sites for hydroxylation is 1. The number of fused-ring (bicyclic) bond motifs is 3. The summed E-state index contributed by atoms with van der Waals surface area (Å²) in [7, 11) is -3.65. The number of benzene rings is 2. The van der Waals surface area contributed by atoms with Crippen molar-refractivity contribution in [2.75, 3.05) is 10.8 Å². The summed E-state index contributed by atoms with van der Waals surface area (Å²) in [5.74, 6) is 0.0236.